The third kappa shape index (κ3) is 4.95. The van der Waals surface area contributed by atoms with E-state index in [-0.39, 0.29) is 0 Å². The van der Waals surface area contributed by atoms with Crippen molar-refractivity contribution < 1.29 is 4.74 Å². The largest absolute Gasteiger partial charge is 0.492 e. The van der Waals surface area contributed by atoms with Gasteiger partial charge in [-0.05, 0) is 25.5 Å². The fraction of sp³-hybridized carbons (Fsp3) is 0.375. The highest BCUT2D eigenvalue weighted by atomic mass is 16.5. The standard InChI is InChI=1S/C16H22N4O/c1-3-9-18-16-19-12-13(2)15(20-16)17-10-11-21-14-7-5-4-6-8-14/h4-8,12H,3,9-11H2,1-2H3,(H2,17,18,19,20). The van der Waals surface area contributed by atoms with Gasteiger partial charge in [0.2, 0.25) is 5.95 Å². The number of para-hydroxylation sites is 1. The van der Waals surface area contributed by atoms with Gasteiger partial charge in [-0.1, -0.05) is 25.1 Å². The number of hydrogen-bond donors (Lipinski definition) is 2. The third-order valence-corrected chi connectivity index (χ3v) is 2.91. The Morgan fingerprint density at radius 3 is 2.67 bits per heavy atom. The first-order chi connectivity index (χ1) is 10.3. The molecule has 1 aromatic carbocycles. The van der Waals surface area contributed by atoms with Crippen LogP contribution in [0.2, 0.25) is 0 Å². The van der Waals surface area contributed by atoms with Crippen molar-refractivity contribution in [2.24, 2.45) is 0 Å². The number of anilines is 2. The zero-order chi connectivity index (χ0) is 14.9. The van der Waals surface area contributed by atoms with Crippen molar-refractivity contribution in [1.82, 2.24) is 9.97 Å². The summed E-state index contributed by atoms with van der Waals surface area (Å²) in [7, 11) is 0. The van der Waals surface area contributed by atoms with E-state index in [1.165, 1.54) is 0 Å². The Morgan fingerprint density at radius 1 is 1.10 bits per heavy atom. The molecule has 112 valence electrons. The lowest BCUT2D eigenvalue weighted by Crippen LogP contribution is -2.14. The van der Waals surface area contributed by atoms with Crippen LogP contribution in [0.3, 0.4) is 0 Å². The summed E-state index contributed by atoms with van der Waals surface area (Å²) in [6, 6.07) is 9.79. The van der Waals surface area contributed by atoms with Crippen molar-refractivity contribution >= 4 is 11.8 Å². The number of nitrogens with one attached hydrogen (secondary N) is 2. The van der Waals surface area contributed by atoms with Crippen LogP contribution in [0.5, 0.6) is 5.75 Å². The molecule has 0 spiro atoms. The van der Waals surface area contributed by atoms with Gasteiger partial charge in [0.15, 0.2) is 0 Å². The van der Waals surface area contributed by atoms with E-state index in [0.717, 1.165) is 30.1 Å². The molecule has 2 rings (SSSR count). The van der Waals surface area contributed by atoms with Crippen LogP contribution < -0.4 is 15.4 Å². The van der Waals surface area contributed by atoms with Crippen LogP contribution in [0.4, 0.5) is 11.8 Å². The number of benzene rings is 1. The Hall–Kier alpha value is -2.30. The van der Waals surface area contributed by atoms with Gasteiger partial charge in [-0.2, -0.15) is 4.98 Å². The van der Waals surface area contributed by atoms with Crippen LogP contribution in [0.15, 0.2) is 36.5 Å². The minimum Gasteiger partial charge on any atom is -0.492 e. The van der Waals surface area contributed by atoms with Gasteiger partial charge in [-0.3, -0.25) is 0 Å². The maximum Gasteiger partial charge on any atom is 0.224 e. The molecular formula is C16H22N4O. The summed E-state index contributed by atoms with van der Waals surface area (Å²) in [5.41, 5.74) is 1.02. The molecule has 0 amide bonds. The molecule has 0 bridgehead atoms. The van der Waals surface area contributed by atoms with Gasteiger partial charge in [0.25, 0.3) is 0 Å². The Labute approximate surface area is 125 Å². The van der Waals surface area contributed by atoms with Crippen molar-refractivity contribution in [2.75, 3.05) is 30.3 Å². The van der Waals surface area contributed by atoms with Crippen LogP contribution in [0, 0.1) is 6.92 Å². The second-order valence-electron chi connectivity index (χ2n) is 4.74. The van der Waals surface area contributed by atoms with Gasteiger partial charge >= 0.3 is 0 Å². The summed E-state index contributed by atoms with van der Waals surface area (Å²) in [5, 5.41) is 6.47. The average Bonchev–Trinajstić information content (AvgIpc) is 2.53. The molecule has 0 saturated heterocycles. The number of rotatable bonds is 8. The molecule has 0 fully saturated rings. The van der Waals surface area contributed by atoms with Gasteiger partial charge in [-0.15, -0.1) is 0 Å². The summed E-state index contributed by atoms with van der Waals surface area (Å²) in [6.45, 7) is 6.26. The van der Waals surface area contributed by atoms with Crippen molar-refractivity contribution in [3.63, 3.8) is 0 Å². The first kappa shape index (κ1) is 15.1. The summed E-state index contributed by atoms with van der Waals surface area (Å²) in [4.78, 5) is 8.72. The Balaban J connectivity index is 1.82. The summed E-state index contributed by atoms with van der Waals surface area (Å²) in [6.07, 6.45) is 2.87. The van der Waals surface area contributed by atoms with E-state index >= 15 is 0 Å². The van der Waals surface area contributed by atoms with Crippen LogP contribution in [0.1, 0.15) is 18.9 Å². The van der Waals surface area contributed by atoms with E-state index in [9.17, 15) is 0 Å². The number of aryl methyl sites for hydroxylation is 1. The number of nitrogens with zero attached hydrogens (tertiary/aromatic N) is 2. The normalized spacial score (nSPS) is 10.2. The highest BCUT2D eigenvalue weighted by Gasteiger charge is 2.03. The maximum absolute atomic E-state index is 5.64. The molecule has 0 aliphatic carbocycles. The summed E-state index contributed by atoms with van der Waals surface area (Å²) in [5.74, 6) is 2.39. The van der Waals surface area contributed by atoms with Gasteiger partial charge in [0.05, 0.1) is 6.54 Å². The second-order valence-corrected chi connectivity index (χ2v) is 4.74. The lowest BCUT2D eigenvalue weighted by molar-refractivity contribution is 0.332. The van der Waals surface area contributed by atoms with E-state index in [1.54, 1.807) is 0 Å². The van der Waals surface area contributed by atoms with Crippen molar-refractivity contribution in [3.8, 4) is 5.75 Å². The fourth-order valence-corrected chi connectivity index (χ4v) is 1.80. The highest BCUT2D eigenvalue weighted by Crippen LogP contribution is 2.12. The zero-order valence-corrected chi connectivity index (χ0v) is 12.6. The molecule has 1 aromatic heterocycles. The van der Waals surface area contributed by atoms with Crippen molar-refractivity contribution in [2.45, 2.75) is 20.3 Å². The zero-order valence-electron chi connectivity index (χ0n) is 12.6. The predicted molar refractivity (Wildman–Crippen MR) is 86.0 cm³/mol. The molecule has 0 radical (unpaired) electrons. The molecule has 0 unspecified atom stereocenters. The lowest BCUT2D eigenvalue weighted by atomic mass is 10.3. The lowest BCUT2D eigenvalue weighted by Gasteiger charge is -2.11. The first-order valence-electron chi connectivity index (χ1n) is 7.29. The molecule has 21 heavy (non-hydrogen) atoms. The van der Waals surface area contributed by atoms with Crippen LogP contribution >= 0.6 is 0 Å². The summed E-state index contributed by atoms with van der Waals surface area (Å²) < 4.78 is 5.64. The molecular weight excluding hydrogens is 264 g/mol. The number of hydrogen-bond acceptors (Lipinski definition) is 5. The van der Waals surface area contributed by atoms with E-state index < -0.39 is 0 Å². The Bertz CT molecular complexity index is 545. The van der Waals surface area contributed by atoms with Gasteiger partial charge in [0, 0.05) is 18.3 Å². The minimum absolute atomic E-state index is 0.588. The van der Waals surface area contributed by atoms with E-state index in [1.807, 2.05) is 43.5 Å². The van der Waals surface area contributed by atoms with Gasteiger partial charge < -0.3 is 15.4 Å². The topological polar surface area (TPSA) is 59.1 Å². The smallest absolute Gasteiger partial charge is 0.224 e. The van der Waals surface area contributed by atoms with E-state index in [0.29, 0.717) is 19.1 Å². The third-order valence-electron chi connectivity index (χ3n) is 2.91. The highest BCUT2D eigenvalue weighted by molar-refractivity contribution is 5.46. The molecule has 0 atom stereocenters. The SMILES string of the molecule is CCCNc1ncc(C)c(NCCOc2ccccc2)n1. The van der Waals surface area contributed by atoms with E-state index in [4.69, 9.17) is 4.74 Å². The number of ether oxygens (including phenoxy) is 1. The molecule has 0 aliphatic heterocycles. The quantitative estimate of drug-likeness (QED) is 0.730. The molecule has 0 saturated carbocycles. The number of aromatic nitrogens is 2. The van der Waals surface area contributed by atoms with Gasteiger partial charge in [0.1, 0.15) is 18.2 Å². The maximum atomic E-state index is 5.64. The average molecular weight is 286 g/mol. The van der Waals surface area contributed by atoms with Crippen LogP contribution in [0.25, 0.3) is 0 Å². The fourth-order valence-electron chi connectivity index (χ4n) is 1.80. The molecule has 2 aromatic rings. The van der Waals surface area contributed by atoms with Crippen molar-refractivity contribution in [3.05, 3.63) is 42.1 Å². The molecule has 5 nitrogen and oxygen atoms in total. The first-order valence-corrected chi connectivity index (χ1v) is 7.29. The predicted octanol–water partition coefficient (Wildman–Crippen LogP) is 3.10. The minimum atomic E-state index is 0.588. The Kier molecular flexibility index (Phi) is 5.82. The van der Waals surface area contributed by atoms with E-state index in [2.05, 4.69) is 27.5 Å². The molecule has 2 N–H and O–H groups in total. The monoisotopic (exact) mass is 286 g/mol. The van der Waals surface area contributed by atoms with Crippen molar-refractivity contribution in [1.29, 1.82) is 0 Å². The summed E-state index contributed by atoms with van der Waals surface area (Å²) >= 11 is 0. The van der Waals surface area contributed by atoms with Crippen LogP contribution in [-0.2, 0) is 0 Å². The molecule has 5 heteroatoms. The second kappa shape index (κ2) is 8.09. The molecule has 0 aliphatic rings. The molecule has 1 heterocycles. The van der Waals surface area contributed by atoms with Gasteiger partial charge in [-0.25, -0.2) is 4.98 Å². The Morgan fingerprint density at radius 2 is 1.90 bits per heavy atom. The van der Waals surface area contributed by atoms with Crippen LogP contribution in [-0.4, -0.2) is 29.7 Å².